The molecule has 0 unspecified atom stereocenters. The molecule has 2 aromatic rings. The summed E-state index contributed by atoms with van der Waals surface area (Å²) in [6.45, 7) is 0.676. The van der Waals surface area contributed by atoms with Crippen LogP contribution < -0.4 is 5.32 Å². The highest BCUT2D eigenvalue weighted by Gasteiger charge is 2.22. The number of rotatable bonds is 5. The number of fused-ring (bicyclic) bond motifs is 1. The number of hydrogen-bond donors (Lipinski definition) is 2. The van der Waals surface area contributed by atoms with Crippen molar-refractivity contribution in [3.05, 3.63) is 70.5 Å². The number of carboxylic acid groups (broad SMARTS) is 1. The Morgan fingerprint density at radius 1 is 1.11 bits per heavy atom. The third-order valence-electron chi connectivity index (χ3n) is 4.51. The highest BCUT2D eigenvalue weighted by atomic mass is 19.1. The van der Waals surface area contributed by atoms with Crippen molar-refractivity contribution in [1.29, 1.82) is 0 Å². The Bertz CT molecular complexity index is 897. The minimum absolute atomic E-state index is 0.00412. The second kappa shape index (κ2) is 7.99. The first-order chi connectivity index (χ1) is 12.9. The van der Waals surface area contributed by atoms with Crippen LogP contribution in [0.2, 0.25) is 0 Å². The number of halogens is 1. The number of carbonyl (C=O) groups is 3. The van der Waals surface area contributed by atoms with Gasteiger partial charge in [0.1, 0.15) is 5.82 Å². The zero-order valence-electron chi connectivity index (χ0n) is 14.6. The van der Waals surface area contributed by atoms with E-state index in [1.165, 1.54) is 18.2 Å². The summed E-state index contributed by atoms with van der Waals surface area (Å²) in [4.78, 5) is 37.0. The first-order valence-corrected chi connectivity index (χ1v) is 8.56. The SMILES string of the molecule is O=C(Cc1cccc(F)c1)NCC(=O)N1CCc2ccc(C(=O)O)cc2C1. The van der Waals surface area contributed by atoms with Gasteiger partial charge in [0.25, 0.3) is 0 Å². The maximum atomic E-state index is 13.1. The van der Waals surface area contributed by atoms with E-state index in [1.54, 1.807) is 29.2 Å². The topological polar surface area (TPSA) is 86.7 Å². The first-order valence-electron chi connectivity index (χ1n) is 8.56. The van der Waals surface area contributed by atoms with Crippen LogP contribution in [0.3, 0.4) is 0 Å². The van der Waals surface area contributed by atoms with Crippen molar-refractivity contribution in [2.45, 2.75) is 19.4 Å². The van der Waals surface area contributed by atoms with Gasteiger partial charge in [0.15, 0.2) is 0 Å². The number of nitrogens with zero attached hydrogens (tertiary/aromatic N) is 1. The predicted octanol–water partition coefficient (Wildman–Crippen LogP) is 1.77. The Labute approximate surface area is 155 Å². The van der Waals surface area contributed by atoms with Gasteiger partial charge in [-0.3, -0.25) is 9.59 Å². The minimum atomic E-state index is -1.01. The smallest absolute Gasteiger partial charge is 0.335 e. The molecule has 0 bridgehead atoms. The van der Waals surface area contributed by atoms with E-state index in [9.17, 15) is 18.8 Å². The van der Waals surface area contributed by atoms with Crippen LogP contribution in [0, 0.1) is 5.82 Å². The van der Waals surface area contributed by atoms with Gasteiger partial charge in [-0.25, -0.2) is 9.18 Å². The molecule has 0 saturated carbocycles. The first kappa shape index (κ1) is 18.6. The number of amides is 2. The van der Waals surface area contributed by atoms with Crippen LogP contribution >= 0.6 is 0 Å². The van der Waals surface area contributed by atoms with E-state index < -0.39 is 11.8 Å². The molecule has 0 fully saturated rings. The van der Waals surface area contributed by atoms with Crippen LogP contribution in [0.15, 0.2) is 42.5 Å². The lowest BCUT2D eigenvalue weighted by Gasteiger charge is -2.29. The lowest BCUT2D eigenvalue weighted by molar-refractivity contribution is -0.133. The van der Waals surface area contributed by atoms with Crippen LogP contribution in [0.25, 0.3) is 0 Å². The molecular weight excluding hydrogens is 351 g/mol. The fraction of sp³-hybridized carbons (Fsp3) is 0.250. The summed E-state index contributed by atoms with van der Waals surface area (Å²) in [6.07, 6.45) is 0.633. The van der Waals surface area contributed by atoms with Gasteiger partial charge in [-0.2, -0.15) is 0 Å². The summed E-state index contributed by atoms with van der Waals surface area (Å²) in [6, 6.07) is 10.7. The number of carbonyl (C=O) groups excluding carboxylic acids is 2. The molecule has 3 rings (SSSR count). The number of aromatic carboxylic acids is 1. The van der Waals surface area contributed by atoms with E-state index in [0.717, 1.165) is 11.1 Å². The summed E-state index contributed by atoms with van der Waals surface area (Å²) in [5, 5.41) is 11.6. The lowest BCUT2D eigenvalue weighted by atomic mass is 9.97. The van der Waals surface area contributed by atoms with Crippen LogP contribution in [0.1, 0.15) is 27.0 Å². The van der Waals surface area contributed by atoms with Crippen LogP contribution in [0.4, 0.5) is 4.39 Å². The Morgan fingerprint density at radius 3 is 2.67 bits per heavy atom. The number of hydrogen-bond acceptors (Lipinski definition) is 3. The van der Waals surface area contributed by atoms with E-state index in [1.807, 2.05) is 0 Å². The highest BCUT2D eigenvalue weighted by molar-refractivity contribution is 5.88. The number of carboxylic acids is 1. The molecule has 140 valence electrons. The largest absolute Gasteiger partial charge is 0.478 e. The molecule has 0 radical (unpaired) electrons. The molecule has 27 heavy (non-hydrogen) atoms. The monoisotopic (exact) mass is 370 g/mol. The normalized spacial score (nSPS) is 13.0. The van der Waals surface area contributed by atoms with Crippen molar-refractivity contribution >= 4 is 17.8 Å². The third kappa shape index (κ3) is 4.69. The van der Waals surface area contributed by atoms with Gasteiger partial charge in [0, 0.05) is 13.1 Å². The zero-order valence-corrected chi connectivity index (χ0v) is 14.6. The van der Waals surface area contributed by atoms with Crippen molar-refractivity contribution in [2.24, 2.45) is 0 Å². The summed E-state index contributed by atoms with van der Waals surface area (Å²) in [5.74, 6) is -2.02. The molecule has 0 atom stereocenters. The van der Waals surface area contributed by atoms with E-state index >= 15 is 0 Å². The van der Waals surface area contributed by atoms with Gasteiger partial charge in [0.05, 0.1) is 18.5 Å². The van der Waals surface area contributed by atoms with Crippen molar-refractivity contribution in [1.82, 2.24) is 10.2 Å². The molecule has 2 amide bonds. The fourth-order valence-corrected chi connectivity index (χ4v) is 3.08. The highest BCUT2D eigenvalue weighted by Crippen LogP contribution is 2.20. The number of benzene rings is 2. The molecule has 0 spiro atoms. The second-order valence-corrected chi connectivity index (χ2v) is 6.44. The summed E-state index contributed by atoms with van der Waals surface area (Å²) < 4.78 is 13.1. The van der Waals surface area contributed by atoms with E-state index in [0.29, 0.717) is 25.1 Å². The van der Waals surface area contributed by atoms with Gasteiger partial charge < -0.3 is 15.3 Å². The molecular formula is C20H19FN2O4. The van der Waals surface area contributed by atoms with E-state index in [4.69, 9.17) is 5.11 Å². The molecule has 0 aliphatic carbocycles. The fourth-order valence-electron chi connectivity index (χ4n) is 3.08. The summed E-state index contributed by atoms with van der Waals surface area (Å²) >= 11 is 0. The van der Waals surface area contributed by atoms with Crippen molar-refractivity contribution < 1.29 is 23.9 Å². The van der Waals surface area contributed by atoms with Crippen molar-refractivity contribution in [2.75, 3.05) is 13.1 Å². The average molecular weight is 370 g/mol. The maximum Gasteiger partial charge on any atom is 0.335 e. The Balaban J connectivity index is 1.55. The van der Waals surface area contributed by atoms with E-state index in [2.05, 4.69) is 5.32 Å². The van der Waals surface area contributed by atoms with E-state index in [-0.39, 0.29) is 30.3 Å². The van der Waals surface area contributed by atoms with Gasteiger partial charge in [-0.05, 0) is 47.4 Å². The lowest BCUT2D eigenvalue weighted by Crippen LogP contribution is -2.42. The van der Waals surface area contributed by atoms with Crippen LogP contribution in [-0.4, -0.2) is 40.9 Å². The Kier molecular flexibility index (Phi) is 5.49. The summed E-state index contributed by atoms with van der Waals surface area (Å²) in [7, 11) is 0. The van der Waals surface area contributed by atoms with Gasteiger partial charge in [-0.1, -0.05) is 18.2 Å². The van der Waals surface area contributed by atoms with Crippen LogP contribution in [0.5, 0.6) is 0 Å². The molecule has 0 aromatic heterocycles. The molecule has 6 nitrogen and oxygen atoms in total. The third-order valence-corrected chi connectivity index (χ3v) is 4.51. The molecule has 1 aliphatic rings. The summed E-state index contributed by atoms with van der Waals surface area (Å²) in [5.41, 5.74) is 2.55. The quantitative estimate of drug-likeness (QED) is 0.840. The van der Waals surface area contributed by atoms with Crippen molar-refractivity contribution in [3.63, 3.8) is 0 Å². The van der Waals surface area contributed by atoms with Gasteiger partial charge in [0.2, 0.25) is 11.8 Å². The molecule has 7 heteroatoms. The maximum absolute atomic E-state index is 13.1. The second-order valence-electron chi connectivity index (χ2n) is 6.44. The molecule has 1 aliphatic heterocycles. The van der Waals surface area contributed by atoms with Crippen LogP contribution in [-0.2, 0) is 29.0 Å². The predicted molar refractivity (Wildman–Crippen MR) is 95.6 cm³/mol. The number of nitrogens with one attached hydrogen (secondary N) is 1. The molecule has 2 aromatic carbocycles. The Morgan fingerprint density at radius 2 is 1.93 bits per heavy atom. The molecule has 1 heterocycles. The molecule has 2 N–H and O–H groups in total. The average Bonchev–Trinajstić information content (AvgIpc) is 2.65. The van der Waals surface area contributed by atoms with Gasteiger partial charge in [-0.15, -0.1) is 0 Å². The Hall–Kier alpha value is -3.22. The van der Waals surface area contributed by atoms with Gasteiger partial charge >= 0.3 is 5.97 Å². The standard InChI is InChI=1S/C20H19FN2O4/c21-17-3-1-2-13(8-17)9-18(24)22-11-19(25)23-7-6-14-4-5-15(20(26)27)10-16(14)12-23/h1-5,8,10H,6-7,9,11-12H2,(H,22,24)(H,26,27). The molecule has 0 saturated heterocycles. The van der Waals surface area contributed by atoms with Crippen molar-refractivity contribution in [3.8, 4) is 0 Å². The minimum Gasteiger partial charge on any atom is -0.478 e. The zero-order chi connectivity index (χ0) is 19.4.